The predicted octanol–water partition coefficient (Wildman–Crippen LogP) is 0.597. The van der Waals surface area contributed by atoms with Crippen molar-refractivity contribution in [2.75, 3.05) is 13.1 Å². The van der Waals surface area contributed by atoms with Crippen molar-refractivity contribution in [2.24, 2.45) is 10.9 Å². The monoisotopic (exact) mass is 434 g/mol. The molecule has 0 aromatic heterocycles. The highest BCUT2D eigenvalue weighted by atomic mass is 35.7. The Balaban J connectivity index is 0.000000461. The van der Waals surface area contributed by atoms with Crippen LogP contribution < -0.4 is 14.0 Å². The first-order valence-corrected chi connectivity index (χ1v) is 11.4. The molecule has 1 atom stereocenters. The molecular weight excluding hydrogens is 408 g/mol. The molecule has 2 aliphatic heterocycles. The molecule has 1 aliphatic carbocycles. The van der Waals surface area contributed by atoms with Crippen LogP contribution in [0.5, 0.6) is 0 Å². The molecule has 1 aromatic carbocycles. The molecule has 4 rings (SSSR count). The molecule has 162 valence electrons. The van der Waals surface area contributed by atoms with Gasteiger partial charge < -0.3 is 4.90 Å². The summed E-state index contributed by atoms with van der Waals surface area (Å²) in [4.78, 5) is 19.6. The summed E-state index contributed by atoms with van der Waals surface area (Å²) in [5, 5.41) is 0. The highest BCUT2D eigenvalue weighted by Crippen LogP contribution is 2.32. The number of carbonyl (C=O) groups excluding carboxylic acids is 1. The number of carbonyl (C=O) groups is 1. The summed E-state index contributed by atoms with van der Waals surface area (Å²) in [5.41, 5.74) is 3.44. The maximum Gasteiger partial charge on any atom is 0.169 e. The Morgan fingerprint density at radius 1 is 1.13 bits per heavy atom. The quantitative estimate of drug-likeness (QED) is 0.695. The number of aliphatic imine (C=N–C) groups is 1. The summed E-state index contributed by atoms with van der Waals surface area (Å²) in [7, 11) is -4.69. The van der Waals surface area contributed by atoms with E-state index in [1.54, 1.807) is 0 Å². The van der Waals surface area contributed by atoms with E-state index in [0.29, 0.717) is 12.5 Å². The highest BCUT2D eigenvalue weighted by molar-refractivity contribution is 6.01. The maximum atomic E-state index is 12.9. The first-order chi connectivity index (χ1) is 14.2. The van der Waals surface area contributed by atoms with Crippen LogP contribution in [0.3, 0.4) is 0 Å². The molecule has 1 fully saturated rings. The number of hydrogen-bond acceptors (Lipinski definition) is 7. The van der Waals surface area contributed by atoms with Gasteiger partial charge in [0, 0.05) is 18.3 Å². The van der Waals surface area contributed by atoms with E-state index in [1.165, 1.54) is 43.2 Å². The molecule has 3 aliphatic rings. The Morgan fingerprint density at radius 2 is 1.77 bits per heavy atom. The van der Waals surface area contributed by atoms with Gasteiger partial charge in [0.25, 0.3) is 0 Å². The first kappa shape index (κ1) is 22.7. The lowest BCUT2D eigenvalue weighted by Gasteiger charge is -2.31. The Kier molecular flexibility index (Phi) is 7.44. The summed E-state index contributed by atoms with van der Waals surface area (Å²) in [5.74, 6) is 1.84. The van der Waals surface area contributed by atoms with Gasteiger partial charge in [0.1, 0.15) is 5.84 Å². The fraction of sp³-hybridized carbons (Fsp3) is 0.455. The van der Waals surface area contributed by atoms with E-state index < -0.39 is 10.2 Å². The predicted molar refractivity (Wildman–Crippen MR) is 104 cm³/mol. The SMILES string of the molecule is CC1=CC2=NCC(C(=O)c3ccc(C4CCCCC4)cc3)CN2C=C1.[O-][Cl+3]([O-])([O-])O. The molecule has 1 aromatic rings. The highest BCUT2D eigenvalue weighted by Gasteiger charge is 2.28. The van der Waals surface area contributed by atoms with Gasteiger partial charge in [-0.15, -0.1) is 0 Å². The van der Waals surface area contributed by atoms with E-state index in [0.717, 1.165) is 17.9 Å². The van der Waals surface area contributed by atoms with E-state index in [-0.39, 0.29) is 11.7 Å². The third kappa shape index (κ3) is 6.48. The first-order valence-electron chi connectivity index (χ1n) is 10.2. The lowest BCUT2D eigenvalue weighted by atomic mass is 9.83. The lowest BCUT2D eigenvalue weighted by molar-refractivity contribution is -1.92. The normalized spacial score (nSPS) is 21.8. The third-order valence-corrected chi connectivity index (χ3v) is 5.70. The third-order valence-electron chi connectivity index (χ3n) is 5.70. The number of nitrogens with zero attached hydrogens (tertiary/aromatic N) is 2. The van der Waals surface area contributed by atoms with Crippen molar-refractivity contribution in [1.82, 2.24) is 4.90 Å². The van der Waals surface area contributed by atoms with Crippen LogP contribution in [0.15, 0.2) is 53.2 Å². The molecule has 0 spiro atoms. The largest absolute Gasteiger partial charge is 0.333 e. The molecule has 2 heterocycles. The number of fused-ring (bicyclic) bond motifs is 1. The molecule has 7 nitrogen and oxygen atoms in total. The minimum Gasteiger partial charge on any atom is -0.333 e. The van der Waals surface area contributed by atoms with Gasteiger partial charge in [0.05, 0.1) is 27.4 Å². The van der Waals surface area contributed by atoms with Gasteiger partial charge in [0.2, 0.25) is 0 Å². The van der Waals surface area contributed by atoms with Crippen molar-refractivity contribution in [3.8, 4) is 0 Å². The zero-order valence-electron chi connectivity index (χ0n) is 17.0. The average molecular weight is 435 g/mol. The van der Waals surface area contributed by atoms with Crippen molar-refractivity contribution in [2.45, 2.75) is 44.9 Å². The maximum absolute atomic E-state index is 12.9. The molecule has 0 bridgehead atoms. The van der Waals surface area contributed by atoms with Crippen molar-refractivity contribution in [1.29, 1.82) is 0 Å². The van der Waals surface area contributed by atoms with E-state index >= 15 is 0 Å². The topological polar surface area (TPSA) is 122 Å². The summed E-state index contributed by atoms with van der Waals surface area (Å²) in [6.07, 6.45) is 12.8. The molecule has 0 amide bonds. The van der Waals surface area contributed by atoms with Gasteiger partial charge in [-0.3, -0.25) is 9.79 Å². The fourth-order valence-electron chi connectivity index (χ4n) is 4.17. The molecule has 1 unspecified atom stereocenters. The minimum atomic E-state index is -4.69. The van der Waals surface area contributed by atoms with E-state index in [1.807, 2.05) is 18.3 Å². The number of rotatable bonds is 3. The van der Waals surface area contributed by atoms with Crippen molar-refractivity contribution >= 4 is 11.6 Å². The zero-order valence-corrected chi connectivity index (χ0v) is 17.8. The molecule has 8 heteroatoms. The standard InChI is InChI=1S/C22H26N2O.ClHO4/c1-16-11-12-24-15-20(14-23-21(24)13-16)22(25)19-9-7-18(8-10-19)17-5-3-2-4-6-17;2-1(3,4)5/h7-13,17,20H,2-6,14-15H2,1H3;(H,2,3,4,5). The van der Waals surface area contributed by atoms with Gasteiger partial charge in [-0.2, -0.15) is 14.0 Å². The molecule has 30 heavy (non-hydrogen) atoms. The summed E-state index contributed by atoms with van der Waals surface area (Å²) in [6, 6.07) is 8.41. The van der Waals surface area contributed by atoms with Crippen LogP contribution in [0.4, 0.5) is 0 Å². The minimum absolute atomic E-state index is 0.0549. The molecule has 1 N–H and O–H groups in total. The second-order valence-electron chi connectivity index (χ2n) is 7.97. The van der Waals surface area contributed by atoms with Crippen LogP contribution >= 0.6 is 0 Å². The van der Waals surface area contributed by atoms with E-state index in [9.17, 15) is 4.79 Å². The number of benzene rings is 1. The van der Waals surface area contributed by atoms with Gasteiger partial charge in [-0.1, -0.05) is 43.5 Å². The van der Waals surface area contributed by atoms with Crippen LogP contribution in [0.1, 0.15) is 60.9 Å². The average Bonchev–Trinajstić information content (AvgIpc) is 2.72. The molecular formula is C22H27ClN2O5. The number of ketones is 1. The molecule has 0 saturated heterocycles. The smallest absolute Gasteiger partial charge is 0.169 e. The zero-order chi connectivity index (χ0) is 21.7. The Morgan fingerprint density at radius 3 is 2.40 bits per heavy atom. The van der Waals surface area contributed by atoms with Crippen LogP contribution in [0.2, 0.25) is 0 Å². The van der Waals surface area contributed by atoms with Crippen LogP contribution in [0.25, 0.3) is 0 Å². The molecule has 1 saturated carbocycles. The van der Waals surface area contributed by atoms with Crippen molar-refractivity contribution in [3.05, 3.63) is 59.3 Å². The number of Topliss-reactive ketones (excluding diaryl/α,β-unsaturated/α-hetero) is 1. The van der Waals surface area contributed by atoms with E-state index in [4.69, 9.17) is 18.6 Å². The van der Waals surface area contributed by atoms with Crippen LogP contribution in [-0.4, -0.2) is 34.3 Å². The van der Waals surface area contributed by atoms with Gasteiger partial charge >= 0.3 is 0 Å². The fourth-order valence-corrected chi connectivity index (χ4v) is 4.17. The number of allylic oxidation sites excluding steroid dienone is 2. The Hall–Kier alpha value is -2.03. The summed E-state index contributed by atoms with van der Waals surface area (Å²) >= 11 is 0. The second-order valence-corrected chi connectivity index (χ2v) is 8.76. The number of hydrogen-bond donors (Lipinski definition) is 1. The van der Waals surface area contributed by atoms with E-state index in [2.05, 4.69) is 41.1 Å². The Labute approximate surface area is 178 Å². The second kappa shape index (κ2) is 9.85. The summed E-state index contributed by atoms with van der Waals surface area (Å²) < 4.78 is 32.7. The van der Waals surface area contributed by atoms with Gasteiger partial charge in [-0.05, 0) is 49.0 Å². The van der Waals surface area contributed by atoms with Gasteiger partial charge in [-0.25, -0.2) is 0 Å². The number of amidine groups is 1. The van der Waals surface area contributed by atoms with Crippen molar-refractivity contribution < 1.29 is 33.7 Å². The summed E-state index contributed by atoms with van der Waals surface area (Å²) in [6.45, 7) is 3.39. The van der Waals surface area contributed by atoms with Crippen LogP contribution in [-0.2, 0) is 0 Å². The van der Waals surface area contributed by atoms with Gasteiger partial charge in [0.15, 0.2) is 5.78 Å². The molecule has 0 radical (unpaired) electrons. The Bertz CT molecular complexity index is 830. The number of halogens is 1. The van der Waals surface area contributed by atoms with Crippen LogP contribution in [0, 0.1) is 16.2 Å². The lowest BCUT2D eigenvalue weighted by Crippen LogP contribution is -2.58. The van der Waals surface area contributed by atoms with Crippen molar-refractivity contribution in [3.63, 3.8) is 0 Å².